The molecule has 0 unspecified atom stereocenters. The third kappa shape index (κ3) is 4.48. The topological polar surface area (TPSA) is 110 Å². The zero-order valence-corrected chi connectivity index (χ0v) is 16.2. The Morgan fingerprint density at radius 1 is 1.14 bits per heavy atom. The first-order valence-electron chi connectivity index (χ1n) is 8.87. The first-order valence-corrected chi connectivity index (χ1v) is 10.8. The van der Waals surface area contributed by atoms with E-state index in [0.717, 1.165) is 43.0 Å². The van der Waals surface area contributed by atoms with E-state index in [2.05, 4.69) is 5.32 Å². The van der Waals surface area contributed by atoms with E-state index in [0.29, 0.717) is 18.7 Å². The second-order valence-corrected chi connectivity index (χ2v) is 8.72. The van der Waals surface area contributed by atoms with Crippen molar-refractivity contribution in [2.45, 2.75) is 30.7 Å². The third-order valence-electron chi connectivity index (χ3n) is 4.63. The normalized spacial score (nSPS) is 14.8. The van der Waals surface area contributed by atoms with Gasteiger partial charge < -0.3 is 10.2 Å². The predicted molar refractivity (Wildman–Crippen MR) is 106 cm³/mol. The number of amides is 1. The van der Waals surface area contributed by atoms with E-state index in [9.17, 15) is 23.3 Å². The molecule has 0 radical (unpaired) electrons. The van der Waals surface area contributed by atoms with Crippen LogP contribution in [-0.2, 0) is 21.2 Å². The monoisotopic (exact) mass is 403 g/mol. The fraction of sp³-hybridized carbons (Fsp3) is 0.316. The lowest BCUT2D eigenvalue weighted by molar-refractivity contribution is -0.385. The quantitative estimate of drug-likeness (QED) is 0.586. The van der Waals surface area contributed by atoms with E-state index >= 15 is 0 Å². The Morgan fingerprint density at radius 2 is 1.86 bits per heavy atom. The number of rotatable bonds is 6. The Bertz CT molecular complexity index is 1000. The zero-order valence-electron chi connectivity index (χ0n) is 15.4. The van der Waals surface area contributed by atoms with Crippen LogP contribution in [0.4, 0.5) is 17.1 Å². The van der Waals surface area contributed by atoms with Crippen molar-refractivity contribution in [2.75, 3.05) is 23.0 Å². The molecule has 2 aromatic rings. The molecule has 1 aliphatic rings. The molecule has 0 atom stereocenters. The minimum atomic E-state index is -3.63. The van der Waals surface area contributed by atoms with Crippen LogP contribution < -0.4 is 10.2 Å². The van der Waals surface area contributed by atoms with Gasteiger partial charge in [0.15, 0.2) is 9.84 Å². The SMILES string of the molecule is CS(=O)(=O)c1cc([N+](=O)[O-])ccc1NCc1ccc(N2CCCCC2=O)cc1. The number of hydrogen-bond acceptors (Lipinski definition) is 6. The van der Waals surface area contributed by atoms with Gasteiger partial charge in [-0.2, -0.15) is 0 Å². The van der Waals surface area contributed by atoms with Gasteiger partial charge in [0.2, 0.25) is 5.91 Å². The summed E-state index contributed by atoms with van der Waals surface area (Å²) in [6.45, 7) is 1.06. The molecule has 8 nitrogen and oxygen atoms in total. The Balaban J connectivity index is 1.75. The standard InChI is InChI=1S/C19H21N3O5S/c1-28(26,27)18-12-16(22(24)25)9-10-17(18)20-13-14-5-7-15(8-6-14)21-11-3-2-4-19(21)23/h5-10,12,20H,2-4,11,13H2,1H3. The number of anilines is 2. The number of nitro benzene ring substituents is 1. The fourth-order valence-corrected chi connectivity index (χ4v) is 4.02. The van der Waals surface area contributed by atoms with Gasteiger partial charge in [-0.1, -0.05) is 12.1 Å². The number of benzene rings is 2. The van der Waals surface area contributed by atoms with E-state index in [1.54, 1.807) is 4.90 Å². The zero-order chi connectivity index (χ0) is 20.3. The summed E-state index contributed by atoms with van der Waals surface area (Å²) in [6, 6.07) is 11.2. The lowest BCUT2D eigenvalue weighted by atomic mass is 10.1. The highest BCUT2D eigenvalue weighted by Gasteiger charge is 2.20. The number of non-ortho nitro benzene ring substituents is 1. The van der Waals surface area contributed by atoms with Crippen LogP contribution in [0.25, 0.3) is 0 Å². The second kappa shape index (κ2) is 7.97. The molecule has 9 heteroatoms. The third-order valence-corrected chi connectivity index (χ3v) is 5.77. The summed E-state index contributed by atoms with van der Waals surface area (Å²) >= 11 is 0. The van der Waals surface area contributed by atoms with Crippen molar-refractivity contribution in [2.24, 2.45) is 0 Å². The molecule has 0 aliphatic carbocycles. The maximum atomic E-state index is 12.0. The summed E-state index contributed by atoms with van der Waals surface area (Å²) in [6.07, 6.45) is 3.50. The highest BCUT2D eigenvalue weighted by atomic mass is 32.2. The lowest BCUT2D eigenvalue weighted by Gasteiger charge is -2.26. The molecular weight excluding hydrogens is 382 g/mol. The molecule has 3 rings (SSSR count). The smallest absolute Gasteiger partial charge is 0.270 e. The molecule has 1 saturated heterocycles. The van der Waals surface area contributed by atoms with E-state index in [1.165, 1.54) is 12.1 Å². The Kier molecular flexibility index (Phi) is 5.64. The molecule has 0 aromatic heterocycles. The van der Waals surface area contributed by atoms with Crippen molar-refractivity contribution >= 4 is 32.8 Å². The molecule has 148 valence electrons. The Hall–Kier alpha value is -2.94. The largest absolute Gasteiger partial charge is 0.380 e. The molecule has 1 N–H and O–H groups in total. The molecule has 0 bridgehead atoms. The van der Waals surface area contributed by atoms with E-state index in [4.69, 9.17) is 0 Å². The second-order valence-electron chi connectivity index (χ2n) is 6.73. The van der Waals surface area contributed by atoms with Crippen molar-refractivity contribution < 1.29 is 18.1 Å². The van der Waals surface area contributed by atoms with Gasteiger partial charge in [0.05, 0.1) is 15.5 Å². The highest BCUT2D eigenvalue weighted by molar-refractivity contribution is 7.90. The van der Waals surface area contributed by atoms with Crippen molar-refractivity contribution in [3.05, 3.63) is 58.1 Å². The van der Waals surface area contributed by atoms with Crippen LogP contribution in [0.2, 0.25) is 0 Å². The van der Waals surface area contributed by atoms with Gasteiger partial charge in [-0.05, 0) is 36.6 Å². The number of sulfone groups is 1. The minimum absolute atomic E-state index is 0.114. The maximum Gasteiger partial charge on any atom is 0.270 e. The number of carbonyl (C=O) groups is 1. The molecular formula is C19H21N3O5S. The number of nitrogens with zero attached hydrogens (tertiary/aromatic N) is 2. The summed E-state index contributed by atoms with van der Waals surface area (Å²) in [5.41, 5.74) is 1.77. The molecule has 1 amide bonds. The summed E-state index contributed by atoms with van der Waals surface area (Å²) in [4.78, 5) is 24.0. The van der Waals surface area contributed by atoms with E-state index in [1.807, 2.05) is 24.3 Å². The number of nitrogens with one attached hydrogen (secondary N) is 1. The van der Waals surface area contributed by atoms with Crippen molar-refractivity contribution in [1.29, 1.82) is 0 Å². The average Bonchev–Trinajstić information content (AvgIpc) is 2.66. The number of nitro groups is 1. The van der Waals surface area contributed by atoms with Gasteiger partial charge in [-0.15, -0.1) is 0 Å². The first-order chi connectivity index (χ1) is 13.3. The molecule has 2 aromatic carbocycles. The molecule has 1 aliphatic heterocycles. The van der Waals surface area contributed by atoms with Crippen LogP contribution in [-0.4, -0.2) is 32.0 Å². The van der Waals surface area contributed by atoms with Crippen LogP contribution in [0.5, 0.6) is 0 Å². The van der Waals surface area contributed by atoms with Gasteiger partial charge in [0.1, 0.15) is 0 Å². The predicted octanol–water partition coefficient (Wildman–Crippen LogP) is 3.13. The summed E-state index contributed by atoms with van der Waals surface area (Å²) < 4.78 is 24.0. The summed E-state index contributed by atoms with van der Waals surface area (Å²) in [5, 5.41) is 13.9. The van der Waals surface area contributed by atoms with Crippen LogP contribution in [0, 0.1) is 10.1 Å². The van der Waals surface area contributed by atoms with E-state index in [-0.39, 0.29) is 16.5 Å². The van der Waals surface area contributed by atoms with Gasteiger partial charge in [0.25, 0.3) is 5.69 Å². The van der Waals surface area contributed by atoms with Crippen LogP contribution in [0.3, 0.4) is 0 Å². The first kappa shape index (κ1) is 19.8. The Morgan fingerprint density at radius 3 is 2.46 bits per heavy atom. The van der Waals surface area contributed by atoms with E-state index < -0.39 is 14.8 Å². The maximum absolute atomic E-state index is 12.0. The summed E-state index contributed by atoms with van der Waals surface area (Å²) in [7, 11) is -3.63. The van der Waals surface area contributed by atoms with Gasteiger partial charge in [-0.25, -0.2) is 8.42 Å². The molecule has 1 fully saturated rings. The van der Waals surface area contributed by atoms with Crippen LogP contribution in [0.1, 0.15) is 24.8 Å². The Labute approximate surface area is 163 Å². The van der Waals surface area contributed by atoms with Gasteiger partial charge in [0, 0.05) is 43.6 Å². The lowest BCUT2D eigenvalue weighted by Crippen LogP contribution is -2.35. The minimum Gasteiger partial charge on any atom is -0.380 e. The number of hydrogen-bond donors (Lipinski definition) is 1. The molecule has 28 heavy (non-hydrogen) atoms. The molecule has 0 saturated carbocycles. The molecule has 0 spiro atoms. The van der Waals surface area contributed by atoms with Crippen molar-refractivity contribution in [3.63, 3.8) is 0 Å². The van der Waals surface area contributed by atoms with Crippen LogP contribution in [0.15, 0.2) is 47.4 Å². The number of carbonyl (C=O) groups excluding carboxylic acids is 1. The van der Waals surface area contributed by atoms with Gasteiger partial charge >= 0.3 is 0 Å². The fourth-order valence-electron chi connectivity index (χ4n) is 3.15. The van der Waals surface area contributed by atoms with Crippen molar-refractivity contribution in [3.8, 4) is 0 Å². The van der Waals surface area contributed by atoms with Crippen molar-refractivity contribution in [1.82, 2.24) is 0 Å². The number of piperidine rings is 1. The highest BCUT2D eigenvalue weighted by Crippen LogP contribution is 2.27. The van der Waals surface area contributed by atoms with Crippen LogP contribution >= 0.6 is 0 Å². The van der Waals surface area contributed by atoms with Gasteiger partial charge in [-0.3, -0.25) is 14.9 Å². The average molecular weight is 403 g/mol. The summed E-state index contributed by atoms with van der Waals surface area (Å²) in [5.74, 6) is 0.126. The molecule has 1 heterocycles.